The number of nitrogens with one attached hydrogen (secondary N) is 2. The molecule has 0 aliphatic rings. The molecule has 2 aromatic rings. The summed E-state index contributed by atoms with van der Waals surface area (Å²) in [4.78, 5) is 12.2. The van der Waals surface area contributed by atoms with Crippen LogP contribution >= 0.6 is 22.6 Å². The van der Waals surface area contributed by atoms with Gasteiger partial charge >= 0.3 is 0 Å². The van der Waals surface area contributed by atoms with Crippen LogP contribution in [0.3, 0.4) is 0 Å². The molecule has 0 unspecified atom stereocenters. The molecule has 23 heavy (non-hydrogen) atoms. The zero-order valence-electron chi connectivity index (χ0n) is 12.1. The zero-order valence-corrected chi connectivity index (χ0v) is 15.1. The Labute approximate surface area is 149 Å². The lowest BCUT2D eigenvalue weighted by atomic mass is 10.2. The van der Waals surface area contributed by atoms with Crippen LogP contribution in [-0.4, -0.2) is 20.9 Å². The maximum absolute atomic E-state index is 12.1. The maximum atomic E-state index is 12.1. The summed E-state index contributed by atoms with van der Waals surface area (Å²) >= 11 is 2.18. The van der Waals surface area contributed by atoms with Crippen molar-refractivity contribution < 1.29 is 13.2 Å². The molecule has 0 aromatic heterocycles. The van der Waals surface area contributed by atoms with Crippen molar-refractivity contribution in [1.82, 2.24) is 4.72 Å². The van der Waals surface area contributed by atoms with Crippen LogP contribution in [0.15, 0.2) is 66.1 Å². The fraction of sp³-hybridized carbons (Fsp3) is 0.0625. The molecule has 2 aromatic carbocycles. The van der Waals surface area contributed by atoms with E-state index in [2.05, 4.69) is 39.2 Å². The lowest BCUT2D eigenvalue weighted by molar-refractivity contribution is 0.102. The van der Waals surface area contributed by atoms with E-state index in [1.54, 1.807) is 12.1 Å². The van der Waals surface area contributed by atoms with E-state index in [1.165, 1.54) is 30.3 Å². The molecular weight excluding hydrogens is 427 g/mol. The van der Waals surface area contributed by atoms with E-state index in [0.717, 1.165) is 3.57 Å². The normalized spacial score (nSPS) is 11.0. The summed E-state index contributed by atoms with van der Waals surface area (Å²) in [6.07, 6.45) is 1.46. The van der Waals surface area contributed by atoms with E-state index in [4.69, 9.17) is 0 Å². The van der Waals surface area contributed by atoms with Gasteiger partial charge in [0.15, 0.2) is 0 Å². The molecule has 0 fully saturated rings. The minimum absolute atomic E-state index is 0.102. The second-order valence-corrected chi connectivity index (χ2v) is 7.64. The highest BCUT2D eigenvalue weighted by Crippen LogP contribution is 2.14. The lowest BCUT2D eigenvalue weighted by Crippen LogP contribution is -2.23. The molecule has 1 amide bonds. The Morgan fingerprint density at radius 2 is 1.70 bits per heavy atom. The van der Waals surface area contributed by atoms with Crippen molar-refractivity contribution in [3.05, 3.63) is 70.3 Å². The van der Waals surface area contributed by atoms with Crippen molar-refractivity contribution in [2.75, 3.05) is 11.9 Å². The van der Waals surface area contributed by atoms with Gasteiger partial charge in [-0.1, -0.05) is 6.08 Å². The summed E-state index contributed by atoms with van der Waals surface area (Å²) in [5, 5.41) is 2.76. The number of hydrogen-bond acceptors (Lipinski definition) is 3. The molecule has 0 saturated carbocycles. The highest BCUT2D eigenvalue weighted by atomic mass is 127. The number of anilines is 1. The van der Waals surface area contributed by atoms with Crippen LogP contribution in [0.5, 0.6) is 0 Å². The summed E-state index contributed by atoms with van der Waals surface area (Å²) in [5.74, 6) is -0.297. The number of carbonyl (C=O) groups is 1. The third-order valence-electron chi connectivity index (χ3n) is 2.95. The molecule has 0 bridgehead atoms. The molecule has 0 aliphatic heterocycles. The first-order valence-corrected chi connectivity index (χ1v) is 9.26. The van der Waals surface area contributed by atoms with Crippen molar-refractivity contribution in [2.45, 2.75) is 4.90 Å². The number of halogens is 1. The van der Waals surface area contributed by atoms with Crippen LogP contribution in [0.25, 0.3) is 0 Å². The highest BCUT2D eigenvalue weighted by Gasteiger charge is 2.14. The first-order valence-electron chi connectivity index (χ1n) is 6.70. The number of carbonyl (C=O) groups excluding carboxylic acids is 1. The molecule has 0 heterocycles. The Bertz CT molecular complexity index is 800. The molecule has 2 N–H and O–H groups in total. The van der Waals surface area contributed by atoms with Gasteiger partial charge in [-0.05, 0) is 71.1 Å². The molecule has 2 rings (SSSR count). The summed E-state index contributed by atoms with van der Waals surface area (Å²) in [7, 11) is -3.58. The quantitative estimate of drug-likeness (QED) is 0.534. The van der Waals surface area contributed by atoms with Crippen LogP contribution < -0.4 is 10.0 Å². The van der Waals surface area contributed by atoms with Gasteiger partial charge in [0.2, 0.25) is 10.0 Å². The van der Waals surface area contributed by atoms with E-state index in [1.807, 2.05) is 12.1 Å². The molecule has 7 heteroatoms. The lowest BCUT2D eigenvalue weighted by Gasteiger charge is -2.07. The van der Waals surface area contributed by atoms with Crippen LogP contribution in [0, 0.1) is 3.57 Å². The summed E-state index contributed by atoms with van der Waals surface area (Å²) in [6, 6.07) is 13.1. The molecule has 0 atom stereocenters. The Morgan fingerprint density at radius 3 is 2.26 bits per heavy atom. The molecule has 0 spiro atoms. The molecule has 0 radical (unpaired) electrons. The van der Waals surface area contributed by atoms with E-state index in [-0.39, 0.29) is 17.3 Å². The fourth-order valence-corrected chi connectivity index (χ4v) is 3.13. The zero-order chi connectivity index (χ0) is 16.9. The van der Waals surface area contributed by atoms with Crippen molar-refractivity contribution in [3.63, 3.8) is 0 Å². The predicted molar refractivity (Wildman–Crippen MR) is 98.9 cm³/mol. The van der Waals surface area contributed by atoms with Crippen molar-refractivity contribution >= 4 is 44.2 Å². The molecule has 0 aliphatic carbocycles. The van der Waals surface area contributed by atoms with E-state index >= 15 is 0 Å². The van der Waals surface area contributed by atoms with Gasteiger partial charge in [0.25, 0.3) is 5.91 Å². The molecular formula is C16H15IN2O3S. The van der Waals surface area contributed by atoms with E-state index < -0.39 is 10.0 Å². The van der Waals surface area contributed by atoms with Gasteiger partial charge in [-0.15, -0.1) is 6.58 Å². The first-order chi connectivity index (χ1) is 10.9. The van der Waals surface area contributed by atoms with Gasteiger partial charge in [-0.3, -0.25) is 4.79 Å². The average Bonchev–Trinajstić information content (AvgIpc) is 2.55. The Kier molecular flexibility index (Phi) is 5.91. The predicted octanol–water partition coefficient (Wildman–Crippen LogP) is 3.01. The standard InChI is InChI=1S/C16H15IN2O3S/c1-2-11-18-23(21,22)15-9-3-12(4-10-15)16(20)19-14-7-5-13(17)6-8-14/h2-10,18H,1,11H2,(H,19,20). The minimum atomic E-state index is -3.58. The van der Waals surface area contributed by atoms with Crippen molar-refractivity contribution in [3.8, 4) is 0 Å². The Balaban J connectivity index is 2.11. The average molecular weight is 442 g/mol. The Morgan fingerprint density at radius 1 is 1.09 bits per heavy atom. The van der Waals surface area contributed by atoms with Gasteiger partial charge in [-0.25, -0.2) is 13.1 Å². The largest absolute Gasteiger partial charge is 0.322 e. The third kappa shape index (κ3) is 4.88. The van der Waals surface area contributed by atoms with Gasteiger partial charge in [0.05, 0.1) is 4.90 Å². The molecule has 5 nitrogen and oxygen atoms in total. The third-order valence-corrected chi connectivity index (χ3v) is 5.11. The van der Waals surface area contributed by atoms with Crippen LogP contribution in [0.4, 0.5) is 5.69 Å². The summed E-state index contributed by atoms with van der Waals surface area (Å²) in [5.41, 5.74) is 1.06. The number of rotatable bonds is 6. The van der Waals surface area contributed by atoms with E-state index in [0.29, 0.717) is 11.3 Å². The SMILES string of the molecule is C=CCNS(=O)(=O)c1ccc(C(=O)Nc2ccc(I)cc2)cc1. The van der Waals surface area contributed by atoms with Gasteiger partial charge in [0, 0.05) is 21.4 Å². The monoisotopic (exact) mass is 442 g/mol. The molecule has 120 valence electrons. The smallest absolute Gasteiger partial charge is 0.255 e. The number of benzene rings is 2. The van der Waals surface area contributed by atoms with Crippen LogP contribution in [0.1, 0.15) is 10.4 Å². The van der Waals surface area contributed by atoms with Gasteiger partial charge in [0.1, 0.15) is 0 Å². The van der Waals surface area contributed by atoms with Crippen LogP contribution in [-0.2, 0) is 10.0 Å². The second-order valence-electron chi connectivity index (χ2n) is 4.63. The van der Waals surface area contributed by atoms with Crippen molar-refractivity contribution in [2.24, 2.45) is 0 Å². The maximum Gasteiger partial charge on any atom is 0.255 e. The van der Waals surface area contributed by atoms with E-state index in [9.17, 15) is 13.2 Å². The van der Waals surface area contributed by atoms with Gasteiger partial charge < -0.3 is 5.32 Å². The minimum Gasteiger partial charge on any atom is -0.322 e. The number of hydrogen-bond donors (Lipinski definition) is 2. The van der Waals surface area contributed by atoms with Crippen LogP contribution in [0.2, 0.25) is 0 Å². The summed E-state index contributed by atoms with van der Waals surface area (Å²) < 4.78 is 27.3. The highest BCUT2D eigenvalue weighted by molar-refractivity contribution is 14.1. The number of amides is 1. The van der Waals surface area contributed by atoms with Crippen molar-refractivity contribution in [1.29, 1.82) is 0 Å². The fourth-order valence-electron chi connectivity index (χ4n) is 1.77. The summed E-state index contributed by atoms with van der Waals surface area (Å²) in [6.45, 7) is 3.61. The number of sulfonamides is 1. The topological polar surface area (TPSA) is 75.3 Å². The first kappa shape index (κ1) is 17.6. The molecule has 0 saturated heterocycles. The Hall–Kier alpha value is -1.71. The second kappa shape index (κ2) is 7.71. The van der Waals surface area contributed by atoms with Gasteiger partial charge in [-0.2, -0.15) is 0 Å².